The van der Waals surface area contributed by atoms with E-state index in [2.05, 4.69) is 10.3 Å². The Labute approximate surface area is 179 Å². The molecule has 3 rings (SSSR count). The number of nitrogens with one attached hydrogen (secondary N) is 1. The van der Waals surface area contributed by atoms with Crippen molar-refractivity contribution in [3.63, 3.8) is 0 Å². The van der Waals surface area contributed by atoms with Crippen molar-refractivity contribution in [1.29, 1.82) is 0 Å². The summed E-state index contributed by atoms with van der Waals surface area (Å²) >= 11 is 0. The van der Waals surface area contributed by atoms with Gasteiger partial charge >= 0.3 is 12.3 Å². The summed E-state index contributed by atoms with van der Waals surface area (Å²) in [6.07, 6.45) is 0.695. The largest absolute Gasteiger partial charge is 0.444 e. The van der Waals surface area contributed by atoms with Gasteiger partial charge in [0.1, 0.15) is 5.60 Å². The molecule has 1 aromatic heterocycles. The maximum Gasteiger partial charge on any atom is 0.417 e. The summed E-state index contributed by atoms with van der Waals surface area (Å²) < 4.78 is 44.4. The van der Waals surface area contributed by atoms with Crippen LogP contribution < -0.4 is 5.32 Å². The highest BCUT2D eigenvalue weighted by Crippen LogP contribution is 2.39. The summed E-state index contributed by atoms with van der Waals surface area (Å²) in [5.74, 6) is -0.150. The van der Waals surface area contributed by atoms with Gasteiger partial charge in [0.05, 0.1) is 17.0 Å². The molecular formula is C22H28F3N3O3. The van der Waals surface area contributed by atoms with E-state index >= 15 is 0 Å². The molecule has 1 aliphatic carbocycles. The first-order chi connectivity index (χ1) is 14.3. The Morgan fingerprint density at radius 1 is 1.32 bits per heavy atom. The number of alkyl carbamates (subject to hydrolysis) is 1. The first kappa shape index (κ1) is 23.1. The van der Waals surface area contributed by atoms with E-state index in [-0.39, 0.29) is 18.5 Å². The summed E-state index contributed by atoms with van der Waals surface area (Å²) in [4.78, 5) is 31.0. The van der Waals surface area contributed by atoms with Gasteiger partial charge in [-0.25, -0.2) is 4.79 Å². The average molecular weight is 439 g/mol. The maximum atomic E-state index is 13.4. The van der Waals surface area contributed by atoms with Crippen LogP contribution in [0.15, 0.2) is 24.4 Å². The fraction of sp³-hybridized carbons (Fsp3) is 0.591. The number of hydrogen-bond donors (Lipinski definition) is 1. The zero-order valence-electron chi connectivity index (χ0n) is 18.2. The lowest BCUT2D eigenvalue weighted by atomic mass is 9.81. The Hall–Kier alpha value is -2.58. The van der Waals surface area contributed by atoms with Crippen molar-refractivity contribution in [1.82, 2.24) is 15.2 Å². The Morgan fingerprint density at radius 2 is 2.03 bits per heavy atom. The molecule has 0 saturated carbocycles. The second kappa shape index (κ2) is 8.16. The molecule has 1 aromatic rings. The third-order valence-electron chi connectivity index (χ3n) is 5.64. The smallest absolute Gasteiger partial charge is 0.417 e. The van der Waals surface area contributed by atoms with E-state index in [1.807, 2.05) is 6.92 Å². The van der Waals surface area contributed by atoms with Crippen LogP contribution in [0.1, 0.15) is 57.4 Å². The first-order valence-corrected chi connectivity index (χ1v) is 10.4. The quantitative estimate of drug-likeness (QED) is 0.716. The van der Waals surface area contributed by atoms with Crippen LogP contribution in [0.2, 0.25) is 0 Å². The van der Waals surface area contributed by atoms with Crippen molar-refractivity contribution in [2.24, 2.45) is 5.41 Å². The predicted molar refractivity (Wildman–Crippen MR) is 108 cm³/mol. The van der Waals surface area contributed by atoms with Crippen LogP contribution in [0.25, 0.3) is 0 Å². The Balaban J connectivity index is 1.71. The molecule has 0 saturated heterocycles. The number of alkyl halides is 3. The van der Waals surface area contributed by atoms with Crippen molar-refractivity contribution < 1.29 is 27.5 Å². The molecule has 2 heterocycles. The number of carbonyl (C=O) groups is 2. The van der Waals surface area contributed by atoms with E-state index in [0.29, 0.717) is 37.1 Å². The van der Waals surface area contributed by atoms with Crippen LogP contribution in [0.3, 0.4) is 0 Å². The molecule has 31 heavy (non-hydrogen) atoms. The lowest BCUT2D eigenvalue weighted by Crippen LogP contribution is -2.46. The summed E-state index contributed by atoms with van der Waals surface area (Å²) in [6, 6.07) is 0.729. The van der Waals surface area contributed by atoms with Crippen molar-refractivity contribution in [2.45, 2.75) is 71.3 Å². The molecule has 0 unspecified atom stereocenters. The summed E-state index contributed by atoms with van der Waals surface area (Å²) in [7, 11) is 0. The number of halogens is 3. The van der Waals surface area contributed by atoms with Gasteiger partial charge in [0.15, 0.2) is 0 Å². The van der Waals surface area contributed by atoms with Crippen LogP contribution in [0.4, 0.5) is 18.0 Å². The topological polar surface area (TPSA) is 71.5 Å². The lowest BCUT2D eigenvalue weighted by Gasteiger charge is -2.36. The van der Waals surface area contributed by atoms with Gasteiger partial charge in [0.2, 0.25) is 5.91 Å². The van der Waals surface area contributed by atoms with Crippen LogP contribution in [-0.2, 0) is 28.7 Å². The molecule has 1 N–H and O–H groups in total. The Kier molecular flexibility index (Phi) is 6.08. The van der Waals surface area contributed by atoms with Gasteiger partial charge in [-0.1, -0.05) is 19.1 Å². The van der Waals surface area contributed by atoms with E-state index in [0.717, 1.165) is 12.3 Å². The predicted octanol–water partition coefficient (Wildman–Crippen LogP) is 4.23. The highest BCUT2D eigenvalue weighted by Gasteiger charge is 2.44. The van der Waals surface area contributed by atoms with Crippen LogP contribution >= 0.6 is 0 Å². The highest BCUT2D eigenvalue weighted by atomic mass is 19.4. The van der Waals surface area contributed by atoms with E-state index in [4.69, 9.17) is 4.74 Å². The number of hydrogen-bond acceptors (Lipinski definition) is 4. The molecule has 6 nitrogen and oxygen atoms in total. The van der Waals surface area contributed by atoms with Crippen molar-refractivity contribution in [3.05, 3.63) is 41.2 Å². The van der Waals surface area contributed by atoms with Gasteiger partial charge in [-0.05, 0) is 45.2 Å². The van der Waals surface area contributed by atoms with E-state index in [1.54, 1.807) is 37.8 Å². The standard InChI is InChI=1S/C22H28F3N3O3/c1-5-21(8-6-16(11-21)27-19(30)31-20(2,3)4)18(29)28-9-7-17-14(13-28)10-15(12-26-17)22(23,24)25/h6,8,10,12,16H,5,7,9,11,13H2,1-4H3,(H,27,30)/t16-,21-/m1/s1. The highest BCUT2D eigenvalue weighted by molar-refractivity contribution is 5.86. The minimum absolute atomic E-state index is 0.0881. The fourth-order valence-electron chi connectivity index (χ4n) is 4.03. The number of pyridine rings is 1. The monoisotopic (exact) mass is 439 g/mol. The zero-order valence-corrected chi connectivity index (χ0v) is 18.2. The van der Waals surface area contributed by atoms with Crippen LogP contribution in [0.5, 0.6) is 0 Å². The molecule has 0 aromatic carbocycles. The number of aromatic nitrogens is 1. The molecule has 0 spiro atoms. The second-order valence-corrected chi connectivity index (χ2v) is 9.13. The molecule has 0 bridgehead atoms. The van der Waals surface area contributed by atoms with Gasteiger partial charge in [-0.3, -0.25) is 9.78 Å². The van der Waals surface area contributed by atoms with E-state index in [9.17, 15) is 22.8 Å². The van der Waals surface area contributed by atoms with Crippen molar-refractivity contribution >= 4 is 12.0 Å². The molecule has 2 atom stereocenters. The number of fused-ring (bicyclic) bond motifs is 1. The number of amides is 2. The SMILES string of the molecule is CC[C@@]1(C(=O)N2CCc3ncc(C(F)(F)F)cc3C2)C=C[C@@H](NC(=O)OC(C)(C)C)C1. The van der Waals surface area contributed by atoms with Gasteiger partial charge in [-0.15, -0.1) is 0 Å². The number of ether oxygens (including phenoxy) is 1. The Morgan fingerprint density at radius 3 is 2.65 bits per heavy atom. The average Bonchev–Trinajstić information content (AvgIpc) is 3.08. The second-order valence-electron chi connectivity index (χ2n) is 9.13. The molecule has 0 radical (unpaired) electrons. The lowest BCUT2D eigenvalue weighted by molar-refractivity contribution is -0.141. The van der Waals surface area contributed by atoms with E-state index < -0.39 is 28.8 Å². The molecule has 2 aliphatic rings. The number of carbonyl (C=O) groups excluding carboxylic acids is 2. The molecule has 1 aliphatic heterocycles. The molecular weight excluding hydrogens is 411 g/mol. The number of nitrogens with zero attached hydrogens (tertiary/aromatic N) is 2. The summed E-state index contributed by atoms with van der Waals surface area (Å²) in [5.41, 5.74) is -1.24. The first-order valence-electron chi connectivity index (χ1n) is 10.4. The third-order valence-corrected chi connectivity index (χ3v) is 5.64. The minimum Gasteiger partial charge on any atom is -0.444 e. The Bertz CT molecular complexity index is 892. The molecule has 170 valence electrons. The molecule has 9 heteroatoms. The molecule has 2 amide bonds. The van der Waals surface area contributed by atoms with Gasteiger partial charge in [-0.2, -0.15) is 13.2 Å². The summed E-state index contributed by atoms with van der Waals surface area (Å²) in [6.45, 7) is 7.67. The normalized spacial score (nSPS) is 23.5. The zero-order chi connectivity index (χ0) is 23.0. The van der Waals surface area contributed by atoms with Gasteiger partial charge in [0, 0.05) is 31.4 Å². The fourth-order valence-corrected chi connectivity index (χ4v) is 4.03. The van der Waals surface area contributed by atoms with Crippen molar-refractivity contribution in [2.75, 3.05) is 6.54 Å². The van der Waals surface area contributed by atoms with E-state index in [1.165, 1.54) is 0 Å². The van der Waals surface area contributed by atoms with Crippen molar-refractivity contribution in [3.8, 4) is 0 Å². The number of rotatable bonds is 3. The van der Waals surface area contributed by atoms with Gasteiger partial charge in [0.25, 0.3) is 0 Å². The summed E-state index contributed by atoms with van der Waals surface area (Å²) in [5, 5.41) is 2.77. The minimum atomic E-state index is -4.48. The third kappa shape index (κ3) is 5.19. The van der Waals surface area contributed by atoms with Crippen LogP contribution in [-0.4, -0.2) is 40.1 Å². The maximum absolute atomic E-state index is 13.4. The van der Waals surface area contributed by atoms with Crippen LogP contribution in [0, 0.1) is 5.41 Å². The van der Waals surface area contributed by atoms with Gasteiger partial charge < -0.3 is 15.0 Å². The molecule has 0 fully saturated rings.